The number of rotatable bonds is 2. The summed E-state index contributed by atoms with van der Waals surface area (Å²) >= 11 is 5.91. The number of aryl methyl sites for hydroxylation is 2. The van der Waals surface area contributed by atoms with E-state index in [0.29, 0.717) is 30.2 Å². The average Bonchev–Trinajstić information content (AvgIpc) is 3.33. The molecule has 2 aromatic carbocycles. The van der Waals surface area contributed by atoms with Crippen molar-refractivity contribution < 1.29 is 4.79 Å². The van der Waals surface area contributed by atoms with Crippen LogP contribution >= 0.6 is 11.6 Å². The van der Waals surface area contributed by atoms with Crippen molar-refractivity contribution in [3.8, 4) is 11.5 Å². The predicted molar refractivity (Wildman–Crippen MR) is 118 cm³/mol. The molecular weight excluding hydrogens is 400 g/mol. The predicted octanol–water partition coefficient (Wildman–Crippen LogP) is 4.81. The second kappa shape index (κ2) is 7.18. The molecule has 1 aliphatic rings. The van der Waals surface area contributed by atoms with Crippen molar-refractivity contribution in [3.05, 3.63) is 63.8 Å². The number of H-pyrrole nitrogens is 2. The molecule has 2 amide bonds. The number of fused-ring (bicyclic) bond motifs is 2. The molecule has 4 aromatic rings. The van der Waals surface area contributed by atoms with Crippen molar-refractivity contribution >= 4 is 34.4 Å². The van der Waals surface area contributed by atoms with E-state index in [1.54, 1.807) is 29.2 Å². The molecular formula is C22H21ClN6O. The Kier molecular flexibility index (Phi) is 4.47. The summed E-state index contributed by atoms with van der Waals surface area (Å²) in [5.41, 5.74) is 7.97. The van der Waals surface area contributed by atoms with Crippen molar-refractivity contribution in [2.75, 3.05) is 11.9 Å². The van der Waals surface area contributed by atoms with Gasteiger partial charge in [0.2, 0.25) is 0 Å². The van der Waals surface area contributed by atoms with Crippen molar-refractivity contribution in [2.24, 2.45) is 0 Å². The molecule has 0 saturated heterocycles. The molecule has 3 heterocycles. The SMILES string of the molecule is Cc1cc2nc(-c3n[nH]c4c3CCN(C(=O)Nc3ccc(Cl)cc3)C4)[nH]c2cc1C. The number of carbonyl (C=O) groups is 1. The second-order valence-electron chi connectivity index (χ2n) is 7.68. The highest BCUT2D eigenvalue weighted by Gasteiger charge is 2.26. The Bertz CT molecular complexity index is 1220. The standard InChI is InChI=1S/C22H21ClN6O/c1-12-9-17-18(10-13(12)2)26-21(25-17)20-16-7-8-29(11-19(16)27-28-20)22(30)24-15-5-3-14(23)4-6-15/h3-6,9-10H,7-8,11H2,1-2H3,(H,24,30)(H,25,26)(H,27,28). The summed E-state index contributed by atoms with van der Waals surface area (Å²) < 4.78 is 0. The largest absolute Gasteiger partial charge is 0.337 e. The molecule has 0 fully saturated rings. The zero-order chi connectivity index (χ0) is 20.8. The molecule has 0 aliphatic carbocycles. The summed E-state index contributed by atoms with van der Waals surface area (Å²) in [6.07, 6.45) is 0.713. The van der Waals surface area contributed by atoms with Gasteiger partial charge in [0.05, 0.1) is 23.3 Å². The van der Waals surface area contributed by atoms with Crippen LogP contribution in [0.1, 0.15) is 22.4 Å². The van der Waals surface area contributed by atoms with Crippen molar-refractivity contribution in [3.63, 3.8) is 0 Å². The monoisotopic (exact) mass is 420 g/mol. The third-order valence-electron chi connectivity index (χ3n) is 5.64. The fraction of sp³-hybridized carbons (Fsp3) is 0.227. The van der Waals surface area contributed by atoms with E-state index in [1.807, 2.05) is 0 Å². The molecule has 3 N–H and O–H groups in total. The van der Waals surface area contributed by atoms with Gasteiger partial charge in [-0.15, -0.1) is 0 Å². The quantitative estimate of drug-likeness (QED) is 0.434. The van der Waals surface area contributed by atoms with E-state index in [9.17, 15) is 4.79 Å². The number of aromatic amines is 2. The number of hydrogen-bond donors (Lipinski definition) is 3. The van der Waals surface area contributed by atoms with E-state index in [1.165, 1.54) is 11.1 Å². The smallest absolute Gasteiger partial charge is 0.322 e. The zero-order valence-electron chi connectivity index (χ0n) is 16.7. The number of benzene rings is 2. The Labute approximate surface area is 178 Å². The number of amides is 2. The lowest BCUT2D eigenvalue weighted by molar-refractivity contribution is 0.205. The maximum Gasteiger partial charge on any atom is 0.322 e. The first-order valence-electron chi connectivity index (χ1n) is 9.83. The van der Waals surface area contributed by atoms with E-state index in [4.69, 9.17) is 16.6 Å². The Morgan fingerprint density at radius 2 is 1.93 bits per heavy atom. The van der Waals surface area contributed by atoms with E-state index in [2.05, 4.69) is 46.5 Å². The first-order valence-corrected chi connectivity index (χ1v) is 10.2. The van der Waals surface area contributed by atoms with Crippen LogP contribution in [-0.2, 0) is 13.0 Å². The number of nitrogens with one attached hydrogen (secondary N) is 3. The van der Waals surface area contributed by atoms with E-state index < -0.39 is 0 Å². The molecule has 1 aliphatic heterocycles. The van der Waals surface area contributed by atoms with E-state index in [-0.39, 0.29) is 6.03 Å². The van der Waals surface area contributed by atoms with Crippen molar-refractivity contribution in [1.29, 1.82) is 0 Å². The number of aromatic nitrogens is 4. The minimum Gasteiger partial charge on any atom is -0.337 e. The highest BCUT2D eigenvalue weighted by molar-refractivity contribution is 6.30. The Balaban J connectivity index is 1.37. The lowest BCUT2D eigenvalue weighted by Gasteiger charge is -2.27. The summed E-state index contributed by atoms with van der Waals surface area (Å²) in [6, 6.07) is 11.1. The van der Waals surface area contributed by atoms with Gasteiger partial charge >= 0.3 is 6.03 Å². The Morgan fingerprint density at radius 3 is 2.73 bits per heavy atom. The topological polar surface area (TPSA) is 89.7 Å². The van der Waals surface area contributed by atoms with Crippen LogP contribution in [0.15, 0.2) is 36.4 Å². The summed E-state index contributed by atoms with van der Waals surface area (Å²) in [7, 11) is 0. The van der Waals surface area contributed by atoms with Gasteiger partial charge in [-0.2, -0.15) is 5.10 Å². The molecule has 7 nitrogen and oxygen atoms in total. The van der Waals surface area contributed by atoms with Crippen molar-refractivity contribution in [1.82, 2.24) is 25.1 Å². The molecule has 8 heteroatoms. The van der Waals surface area contributed by atoms with Gasteiger partial charge in [0.15, 0.2) is 5.82 Å². The van der Waals surface area contributed by atoms with Crippen LogP contribution in [0.25, 0.3) is 22.6 Å². The Hall–Kier alpha value is -3.32. The van der Waals surface area contributed by atoms with Gasteiger partial charge in [-0.05, 0) is 67.8 Å². The molecule has 30 heavy (non-hydrogen) atoms. The van der Waals surface area contributed by atoms with Crippen molar-refractivity contribution in [2.45, 2.75) is 26.8 Å². The number of urea groups is 1. The van der Waals surface area contributed by atoms with Crippen LogP contribution in [-0.4, -0.2) is 37.6 Å². The molecule has 2 aromatic heterocycles. The van der Waals surface area contributed by atoms with Crippen LogP contribution < -0.4 is 5.32 Å². The number of carbonyl (C=O) groups excluding carboxylic acids is 1. The maximum atomic E-state index is 12.6. The maximum absolute atomic E-state index is 12.6. The lowest BCUT2D eigenvalue weighted by Crippen LogP contribution is -2.38. The van der Waals surface area contributed by atoms with Crippen LogP contribution in [0.3, 0.4) is 0 Å². The second-order valence-corrected chi connectivity index (χ2v) is 8.11. The number of nitrogens with zero attached hydrogens (tertiary/aromatic N) is 3. The first kappa shape index (κ1) is 18.7. The minimum atomic E-state index is -0.145. The third-order valence-corrected chi connectivity index (χ3v) is 5.89. The van der Waals surface area contributed by atoms with Gasteiger partial charge < -0.3 is 15.2 Å². The zero-order valence-corrected chi connectivity index (χ0v) is 17.5. The van der Waals surface area contributed by atoms with Crippen LogP contribution in [0.5, 0.6) is 0 Å². The lowest BCUT2D eigenvalue weighted by atomic mass is 10.0. The number of imidazole rings is 1. The third kappa shape index (κ3) is 3.31. The van der Waals surface area contributed by atoms with Crippen LogP contribution in [0.4, 0.5) is 10.5 Å². The minimum absolute atomic E-state index is 0.145. The van der Waals surface area contributed by atoms with Crippen LogP contribution in [0, 0.1) is 13.8 Å². The number of halogens is 1. The molecule has 0 unspecified atom stereocenters. The number of anilines is 1. The fourth-order valence-corrected chi connectivity index (χ4v) is 3.93. The van der Waals surface area contributed by atoms with Gasteiger partial charge in [-0.3, -0.25) is 5.10 Å². The molecule has 0 spiro atoms. The van der Waals surface area contributed by atoms with Gasteiger partial charge in [0.1, 0.15) is 5.69 Å². The Morgan fingerprint density at radius 1 is 1.17 bits per heavy atom. The van der Waals surface area contributed by atoms with Gasteiger partial charge in [0.25, 0.3) is 0 Å². The highest BCUT2D eigenvalue weighted by atomic mass is 35.5. The molecule has 0 radical (unpaired) electrons. The van der Waals surface area contributed by atoms with Crippen LogP contribution in [0.2, 0.25) is 5.02 Å². The van der Waals surface area contributed by atoms with Gasteiger partial charge in [0, 0.05) is 22.8 Å². The fourth-order valence-electron chi connectivity index (χ4n) is 3.80. The molecule has 5 rings (SSSR count). The van der Waals surface area contributed by atoms with Gasteiger partial charge in [-0.1, -0.05) is 11.6 Å². The van der Waals surface area contributed by atoms with E-state index >= 15 is 0 Å². The summed E-state index contributed by atoms with van der Waals surface area (Å²) in [6.45, 7) is 5.26. The number of hydrogen-bond acceptors (Lipinski definition) is 3. The summed E-state index contributed by atoms with van der Waals surface area (Å²) in [4.78, 5) is 22.5. The molecule has 152 valence electrons. The van der Waals surface area contributed by atoms with Gasteiger partial charge in [-0.25, -0.2) is 9.78 Å². The molecule has 0 bridgehead atoms. The first-order chi connectivity index (χ1) is 14.5. The normalized spacial score (nSPS) is 13.5. The summed E-state index contributed by atoms with van der Waals surface area (Å²) in [5, 5.41) is 11.2. The molecule has 0 saturated carbocycles. The highest BCUT2D eigenvalue weighted by Crippen LogP contribution is 2.29. The average molecular weight is 421 g/mol. The summed E-state index contributed by atoms with van der Waals surface area (Å²) in [5.74, 6) is 0.756. The molecule has 0 atom stereocenters. The van der Waals surface area contributed by atoms with E-state index in [0.717, 1.165) is 33.8 Å².